The van der Waals surface area contributed by atoms with Gasteiger partial charge in [-0.3, -0.25) is 4.79 Å². The minimum absolute atomic E-state index is 0.0998. The molecule has 0 bridgehead atoms. The maximum atomic E-state index is 13.0. The predicted octanol–water partition coefficient (Wildman–Crippen LogP) is 3.42. The van der Waals surface area contributed by atoms with Gasteiger partial charge < -0.3 is 13.9 Å². The molecule has 1 aromatic carbocycles. The third-order valence-electron chi connectivity index (χ3n) is 6.20. The van der Waals surface area contributed by atoms with Gasteiger partial charge in [-0.15, -0.1) is 0 Å². The molecule has 1 aliphatic carbocycles. The second-order valence-corrected chi connectivity index (χ2v) is 8.40. The second kappa shape index (κ2) is 5.71. The third-order valence-corrected chi connectivity index (χ3v) is 6.20. The van der Waals surface area contributed by atoms with Crippen LogP contribution in [-0.2, 0) is 9.31 Å². The van der Waals surface area contributed by atoms with E-state index in [9.17, 15) is 4.79 Å². The van der Waals surface area contributed by atoms with E-state index in [-0.39, 0.29) is 16.8 Å². The number of benzene rings is 1. The normalized spacial score (nSPS) is 22.8. The third kappa shape index (κ3) is 2.74. The van der Waals surface area contributed by atoms with Gasteiger partial charge in [-0.1, -0.05) is 25.0 Å². The molecule has 2 aliphatic rings. The number of aromatic nitrogens is 1. The minimum atomic E-state index is -0.436. The lowest BCUT2D eigenvalue weighted by Crippen LogP contribution is -2.41. The summed E-state index contributed by atoms with van der Waals surface area (Å²) < 4.78 is 14.2. The first kappa shape index (κ1) is 16.9. The van der Waals surface area contributed by atoms with E-state index in [1.807, 2.05) is 62.7 Å². The Kier molecular flexibility index (Phi) is 3.85. The number of fused-ring (bicyclic) bond motifs is 1. The molecule has 0 amide bonds. The summed E-state index contributed by atoms with van der Waals surface area (Å²) in [5.41, 5.74) is 0.246. The number of pyridine rings is 1. The van der Waals surface area contributed by atoms with Crippen LogP contribution in [0.3, 0.4) is 0 Å². The molecule has 0 atom stereocenters. The van der Waals surface area contributed by atoms with Gasteiger partial charge >= 0.3 is 7.12 Å². The molecule has 1 aromatic heterocycles. The molecule has 25 heavy (non-hydrogen) atoms. The Balaban J connectivity index is 1.75. The van der Waals surface area contributed by atoms with Crippen molar-refractivity contribution in [3.63, 3.8) is 0 Å². The zero-order chi connectivity index (χ0) is 17.8. The summed E-state index contributed by atoms with van der Waals surface area (Å²) >= 11 is 0. The molecular weight excluding hydrogens is 313 g/mol. The van der Waals surface area contributed by atoms with Gasteiger partial charge in [-0.05, 0) is 63.5 Å². The van der Waals surface area contributed by atoms with E-state index in [0.717, 1.165) is 29.1 Å². The zero-order valence-electron chi connectivity index (χ0n) is 15.5. The summed E-state index contributed by atoms with van der Waals surface area (Å²) in [4.78, 5) is 13.0. The number of nitrogens with zero attached hydrogens (tertiary/aromatic N) is 1. The molecular formula is C20H26BNO3. The molecule has 0 radical (unpaired) electrons. The zero-order valence-corrected chi connectivity index (χ0v) is 15.5. The quantitative estimate of drug-likeness (QED) is 0.787. The van der Waals surface area contributed by atoms with Crippen LogP contribution >= 0.6 is 0 Å². The average molecular weight is 339 g/mol. The van der Waals surface area contributed by atoms with Crippen LogP contribution in [0.4, 0.5) is 0 Å². The summed E-state index contributed by atoms with van der Waals surface area (Å²) in [7, 11) is -0.436. The Morgan fingerprint density at radius 1 is 1.04 bits per heavy atom. The van der Waals surface area contributed by atoms with E-state index in [1.54, 1.807) is 0 Å². The van der Waals surface area contributed by atoms with Gasteiger partial charge in [-0.25, -0.2) is 0 Å². The Morgan fingerprint density at radius 3 is 2.32 bits per heavy atom. The van der Waals surface area contributed by atoms with Gasteiger partial charge in [0, 0.05) is 17.6 Å². The summed E-state index contributed by atoms with van der Waals surface area (Å²) in [6, 6.07) is 8.34. The highest BCUT2D eigenvalue weighted by Crippen LogP contribution is 2.36. The van der Waals surface area contributed by atoms with Gasteiger partial charge in [0.1, 0.15) is 0 Å². The lowest BCUT2D eigenvalue weighted by molar-refractivity contribution is 0.00578. The maximum Gasteiger partial charge on any atom is 0.494 e. The van der Waals surface area contributed by atoms with Crippen LogP contribution in [-0.4, -0.2) is 22.9 Å². The largest absolute Gasteiger partial charge is 0.494 e. The lowest BCUT2D eigenvalue weighted by Gasteiger charge is -2.32. The Bertz CT molecular complexity index is 849. The molecule has 2 fully saturated rings. The summed E-state index contributed by atoms with van der Waals surface area (Å²) in [5.74, 6) is 0. The summed E-state index contributed by atoms with van der Waals surface area (Å²) in [6.45, 7) is 8.17. The van der Waals surface area contributed by atoms with Crippen LogP contribution in [0.2, 0.25) is 0 Å². The fraction of sp³-hybridized carbons (Fsp3) is 0.550. The van der Waals surface area contributed by atoms with Crippen LogP contribution in [0.15, 0.2) is 35.3 Å². The second-order valence-electron chi connectivity index (χ2n) is 8.40. The molecule has 5 heteroatoms. The van der Waals surface area contributed by atoms with Gasteiger partial charge in [-0.2, -0.15) is 0 Å². The van der Waals surface area contributed by atoms with Crippen molar-refractivity contribution in [1.29, 1.82) is 0 Å². The summed E-state index contributed by atoms with van der Waals surface area (Å²) in [5, 5.41) is 1.72. The van der Waals surface area contributed by atoms with Crippen LogP contribution < -0.4 is 11.0 Å². The molecule has 1 aliphatic heterocycles. The first-order chi connectivity index (χ1) is 11.8. The van der Waals surface area contributed by atoms with Crippen LogP contribution in [0, 0.1) is 0 Å². The van der Waals surface area contributed by atoms with Crippen LogP contribution in [0.1, 0.15) is 59.4 Å². The van der Waals surface area contributed by atoms with Crippen LogP contribution in [0.5, 0.6) is 0 Å². The van der Waals surface area contributed by atoms with E-state index in [0.29, 0.717) is 6.04 Å². The number of hydrogen-bond donors (Lipinski definition) is 0. The van der Waals surface area contributed by atoms with Crippen molar-refractivity contribution in [1.82, 2.24) is 4.57 Å². The van der Waals surface area contributed by atoms with E-state index in [4.69, 9.17) is 9.31 Å². The Labute approximate surface area is 149 Å². The van der Waals surface area contributed by atoms with Gasteiger partial charge in [0.2, 0.25) is 0 Å². The first-order valence-corrected chi connectivity index (χ1v) is 9.29. The van der Waals surface area contributed by atoms with E-state index in [1.165, 1.54) is 12.8 Å². The number of rotatable bonds is 2. The first-order valence-electron chi connectivity index (χ1n) is 9.29. The fourth-order valence-electron chi connectivity index (χ4n) is 3.87. The maximum absolute atomic E-state index is 13.0. The topological polar surface area (TPSA) is 40.5 Å². The molecule has 0 spiro atoms. The molecule has 2 aromatic rings. The minimum Gasteiger partial charge on any atom is -0.399 e. The molecule has 1 saturated carbocycles. The molecule has 0 N–H and O–H groups in total. The van der Waals surface area contributed by atoms with Crippen LogP contribution in [0.25, 0.3) is 10.8 Å². The highest BCUT2D eigenvalue weighted by Gasteiger charge is 2.51. The smallest absolute Gasteiger partial charge is 0.399 e. The molecule has 2 heterocycles. The lowest BCUT2D eigenvalue weighted by atomic mass is 9.78. The van der Waals surface area contributed by atoms with Crippen molar-refractivity contribution in [2.75, 3.05) is 0 Å². The number of hydrogen-bond acceptors (Lipinski definition) is 3. The molecule has 4 rings (SSSR count). The van der Waals surface area contributed by atoms with Crippen molar-refractivity contribution < 1.29 is 9.31 Å². The van der Waals surface area contributed by atoms with Gasteiger partial charge in [0.25, 0.3) is 5.56 Å². The van der Waals surface area contributed by atoms with Gasteiger partial charge in [0.05, 0.1) is 11.2 Å². The Morgan fingerprint density at radius 2 is 1.68 bits per heavy atom. The molecule has 132 valence electrons. The fourth-order valence-corrected chi connectivity index (χ4v) is 3.87. The van der Waals surface area contributed by atoms with E-state index in [2.05, 4.69) is 0 Å². The molecule has 0 unspecified atom stereocenters. The summed E-state index contributed by atoms with van der Waals surface area (Å²) in [6.07, 6.45) is 6.58. The monoisotopic (exact) mass is 339 g/mol. The van der Waals surface area contributed by atoms with Crippen molar-refractivity contribution in [3.05, 3.63) is 40.8 Å². The Hall–Kier alpha value is -1.59. The van der Waals surface area contributed by atoms with Crippen molar-refractivity contribution >= 4 is 23.4 Å². The average Bonchev–Trinajstić information content (AvgIpc) is 3.14. The highest BCUT2D eigenvalue weighted by molar-refractivity contribution is 6.62. The highest BCUT2D eigenvalue weighted by atomic mass is 16.7. The predicted molar refractivity (Wildman–Crippen MR) is 101 cm³/mol. The van der Waals surface area contributed by atoms with Crippen molar-refractivity contribution in [3.8, 4) is 0 Å². The van der Waals surface area contributed by atoms with Gasteiger partial charge in [0.15, 0.2) is 0 Å². The van der Waals surface area contributed by atoms with Crippen molar-refractivity contribution in [2.24, 2.45) is 0 Å². The van der Waals surface area contributed by atoms with E-state index < -0.39 is 7.12 Å². The van der Waals surface area contributed by atoms with Crippen molar-refractivity contribution in [2.45, 2.75) is 70.6 Å². The standard InChI is InChI=1S/C20H26BNO3/c1-19(2)20(3,4)25-21(24-19)15-10-9-14-11-12-22(16-7-5-6-8-16)18(23)17(14)13-15/h9-13,16H,5-8H2,1-4H3. The molecule has 4 nitrogen and oxygen atoms in total. The van der Waals surface area contributed by atoms with E-state index >= 15 is 0 Å². The SMILES string of the molecule is CC1(C)OB(c2ccc3ccn(C4CCCC4)c(=O)c3c2)OC1(C)C. The molecule has 1 saturated heterocycles.